The predicted molar refractivity (Wildman–Crippen MR) is 58.2 cm³/mol. The molecule has 4 nitrogen and oxygen atoms in total. The van der Waals surface area contributed by atoms with Crippen molar-refractivity contribution in [2.75, 3.05) is 39.6 Å². The minimum Gasteiger partial charge on any atom is -0.385 e. The first-order valence-corrected chi connectivity index (χ1v) is 7.03. The van der Waals surface area contributed by atoms with Crippen LogP contribution in [0, 0.1) is 0 Å². The summed E-state index contributed by atoms with van der Waals surface area (Å²) in [5, 5.41) is 0. The molecular formula is C8H18ClNO3S. The molecule has 0 saturated carbocycles. The van der Waals surface area contributed by atoms with Crippen LogP contribution in [-0.2, 0) is 13.8 Å². The van der Waals surface area contributed by atoms with Gasteiger partial charge in [0.25, 0.3) is 0 Å². The Morgan fingerprint density at radius 3 is 2.36 bits per heavy atom. The van der Waals surface area contributed by atoms with Gasteiger partial charge >= 0.3 is 0 Å². The molecule has 0 aromatic carbocycles. The Morgan fingerprint density at radius 1 is 1.29 bits per heavy atom. The standard InChI is InChI=1S/C8H18ClNO3S/c1-10(5-3-7-13-2)6-4-8-14(9,11)12/h3-8H2,1-2H3. The predicted octanol–water partition coefficient (Wildman–Crippen LogP) is 0.913. The van der Waals surface area contributed by atoms with Gasteiger partial charge < -0.3 is 9.64 Å². The van der Waals surface area contributed by atoms with Gasteiger partial charge in [-0.2, -0.15) is 0 Å². The molecule has 6 heteroatoms. The first-order chi connectivity index (χ1) is 6.45. The van der Waals surface area contributed by atoms with Gasteiger partial charge in [0.15, 0.2) is 0 Å². The molecule has 0 N–H and O–H groups in total. The molecule has 0 saturated heterocycles. The molecule has 14 heavy (non-hydrogen) atoms. The summed E-state index contributed by atoms with van der Waals surface area (Å²) in [7, 11) is 5.37. The molecule has 0 unspecified atom stereocenters. The monoisotopic (exact) mass is 243 g/mol. The molecule has 0 aliphatic heterocycles. The molecule has 0 aromatic heterocycles. The molecule has 0 atom stereocenters. The Balaban J connectivity index is 3.40. The lowest BCUT2D eigenvalue weighted by atomic mass is 10.4. The molecular weight excluding hydrogens is 226 g/mol. The van der Waals surface area contributed by atoms with Crippen molar-refractivity contribution >= 4 is 19.7 Å². The van der Waals surface area contributed by atoms with Crippen molar-refractivity contribution in [3.63, 3.8) is 0 Å². The first-order valence-electron chi connectivity index (χ1n) is 4.55. The minimum atomic E-state index is -3.32. The van der Waals surface area contributed by atoms with Crippen LogP contribution in [0.1, 0.15) is 12.8 Å². The molecule has 0 amide bonds. The fourth-order valence-corrected chi connectivity index (χ4v) is 1.90. The minimum absolute atomic E-state index is 0.0448. The maximum atomic E-state index is 10.6. The third-order valence-corrected chi connectivity index (χ3v) is 3.06. The van der Waals surface area contributed by atoms with Crippen molar-refractivity contribution in [3.05, 3.63) is 0 Å². The lowest BCUT2D eigenvalue weighted by Gasteiger charge is -2.15. The van der Waals surface area contributed by atoms with E-state index in [2.05, 4.69) is 4.90 Å². The smallest absolute Gasteiger partial charge is 0.232 e. The fraction of sp³-hybridized carbons (Fsp3) is 1.00. The highest BCUT2D eigenvalue weighted by Crippen LogP contribution is 2.00. The van der Waals surface area contributed by atoms with E-state index in [0.29, 0.717) is 6.42 Å². The second-order valence-electron chi connectivity index (χ2n) is 3.25. The Kier molecular flexibility index (Phi) is 7.54. The summed E-state index contributed by atoms with van der Waals surface area (Å²) in [5.41, 5.74) is 0. The van der Waals surface area contributed by atoms with Gasteiger partial charge in [-0.25, -0.2) is 8.42 Å². The summed E-state index contributed by atoms with van der Waals surface area (Å²) in [6, 6.07) is 0. The van der Waals surface area contributed by atoms with Crippen molar-refractivity contribution in [2.45, 2.75) is 12.8 Å². The summed E-state index contributed by atoms with van der Waals surface area (Å²) in [6.45, 7) is 2.39. The summed E-state index contributed by atoms with van der Waals surface area (Å²) in [4.78, 5) is 2.07. The SMILES string of the molecule is COCCCN(C)CCCS(=O)(=O)Cl. The van der Waals surface area contributed by atoms with Gasteiger partial charge in [-0.3, -0.25) is 0 Å². The molecule has 0 bridgehead atoms. The molecule has 0 heterocycles. The average Bonchev–Trinajstić information content (AvgIpc) is 2.02. The van der Waals surface area contributed by atoms with Crippen LogP contribution in [-0.4, -0.2) is 52.9 Å². The lowest BCUT2D eigenvalue weighted by Crippen LogP contribution is -2.23. The second-order valence-corrected chi connectivity index (χ2v) is 6.14. The van der Waals surface area contributed by atoms with E-state index in [-0.39, 0.29) is 5.75 Å². The van der Waals surface area contributed by atoms with Crippen LogP contribution in [0.25, 0.3) is 0 Å². The summed E-state index contributed by atoms with van der Waals surface area (Å²) < 4.78 is 26.1. The van der Waals surface area contributed by atoms with E-state index >= 15 is 0 Å². The van der Waals surface area contributed by atoms with E-state index in [1.807, 2.05) is 7.05 Å². The highest BCUT2D eigenvalue weighted by atomic mass is 35.7. The number of halogens is 1. The van der Waals surface area contributed by atoms with Crippen molar-refractivity contribution in [3.8, 4) is 0 Å². The van der Waals surface area contributed by atoms with Gasteiger partial charge in [0, 0.05) is 30.9 Å². The quantitative estimate of drug-likeness (QED) is 0.470. The van der Waals surface area contributed by atoms with E-state index in [4.69, 9.17) is 15.4 Å². The molecule has 0 spiro atoms. The van der Waals surface area contributed by atoms with Crippen LogP contribution in [0.4, 0.5) is 0 Å². The van der Waals surface area contributed by atoms with Gasteiger partial charge in [0.1, 0.15) is 0 Å². The van der Waals surface area contributed by atoms with Gasteiger partial charge in [-0.05, 0) is 26.4 Å². The zero-order valence-corrected chi connectivity index (χ0v) is 10.3. The lowest BCUT2D eigenvalue weighted by molar-refractivity contribution is 0.179. The van der Waals surface area contributed by atoms with Crippen molar-refractivity contribution in [1.29, 1.82) is 0 Å². The third kappa shape index (κ3) is 10.2. The molecule has 0 rings (SSSR count). The number of methoxy groups -OCH3 is 1. The summed E-state index contributed by atoms with van der Waals surface area (Å²) >= 11 is 0. The fourth-order valence-electron chi connectivity index (χ4n) is 1.10. The van der Waals surface area contributed by atoms with Crippen LogP contribution in [0.5, 0.6) is 0 Å². The van der Waals surface area contributed by atoms with Crippen molar-refractivity contribution in [1.82, 2.24) is 4.90 Å². The van der Waals surface area contributed by atoms with Crippen LogP contribution in [0.3, 0.4) is 0 Å². The van der Waals surface area contributed by atoms with Crippen LogP contribution >= 0.6 is 10.7 Å². The zero-order valence-electron chi connectivity index (χ0n) is 8.70. The number of hydrogen-bond acceptors (Lipinski definition) is 4. The maximum absolute atomic E-state index is 10.6. The zero-order chi connectivity index (χ0) is 11.0. The number of nitrogens with zero attached hydrogens (tertiary/aromatic N) is 1. The van der Waals surface area contributed by atoms with Crippen molar-refractivity contribution < 1.29 is 13.2 Å². The molecule has 0 fully saturated rings. The van der Waals surface area contributed by atoms with E-state index in [9.17, 15) is 8.42 Å². The maximum Gasteiger partial charge on any atom is 0.232 e. The largest absolute Gasteiger partial charge is 0.385 e. The van der Waals surface area contributed by atoms with Crippen LogP contribution < -0.4 is 0 Å². The van der Waals surface area contributed by atoms with Crippen molar-refractivity contribution in [2.24, 2.45) is 0 Å². The topological polar surface area (TPSA) is 46.6 Å². The van der Waals surface area contributed by atoms with E-state index in [1.54, 1.807) is 7.11 Å². The molecule has 0 aliphatic carbocycles. The van der Waals surface area contributed by atoms with Gasteiger partial charge in [0.2, 0.25) is 9.05 Å². The second kappa shape index (κ2) is 7.45. The Bertz CT molecular complexity index is 231. The number of ether oxygens (including phenoxy) is 1. The Hall–Kier alpha value is 0.160. The van der Waals surface area contributed by atoms with Gasteiger partial charge in [0.05, 0.1) is 5.75 Å². The number of rotatable bonds is 8. The Labute approximate surface area is 90.6 Å². The molecule has 0 aromatic rings. The molecule has 86 valence electrons. The normalized spacial score (nSPS) is 12.3. The summed E-state index contributed by atoms with van der Waals surface area (Å²) in [6.07, 6.45) is 1.54. The van der Waals surface area contributed by atoms with Gasteiger partial charge in [-0.1, -0.05) is 0 Å². The first kappa shape index (κ1) is 14.2. The summed E-state index contributed by atoms with van der Waals surface area (Å²) in [5.74, 6) is 0.0448. The van der Waals surface area contributed by atoms with E-state index < -0.39 is 9.05 Å². The number of hydrogen-bond donors (Lipinski definition) is 0. The van der Waals surface area contributed by atoms with Crippen LogP contribution in [0.15, 0.2) is 0 Å². The van der Waals surface area contributed by atoms with E-state index in [1.165, 1.54) is 0 Å². The highest BCUT2D eigenvalue weighted by molar-refractivity contribution is 8.13. The average molecular weight is 244 g/mol. The Morgan fingerprint density at radius 2 is 1.86 bits per heavy atom. The molecule has 0 aliphatic rings. The third-order valence-electron chi connectivity index (χ3n) is 1.82. The van der Waals surface area contributed by atoms with Gasteiger partial charge in [-0.15, -0.1) is 0 Å². The van der Waals surface area contributed by atoms with E-state index in [0.717, 1.165) is 26.1 Å². The van der Waals surface area contributed by atoms with Crippen LogP contribution in [0.2, 0.25) is 0 Å². The molecule has 0 radical (unpaired) electrons. The highest BCUT2D eigenvalue weighted by Gasteiger charge is 2.05.